The van der Waals surface area contributed by atoms with Crippen LogP contribution in [0.3, 0.4) is 0 Å². The molecule has 0 saturated carbocycles. The van der Waals surface area contributed by atoms with Gasteiger partial charge in [0.15, 0.2) is 0 Å². The van der Waals surface area contributed by atoms with Crippen LogP contribution >= 0.6 is 0 Å². The summed E-state index contributed by atoms with van der Waals surface area (Å²) in [6, 6.07) is 9.17. The number of imidazole rings is 1. The molecular formula is C18H17N5O2. The summed E-state index contributed by atoms with van der Waals surface area (Å²) in [5, 5.41) is 2.83. The van der Waals surface area contributed by atoms with Crippen LogP contribution in [0.1, 0.15) is 22.5 Å². The molecule has 3 heterocycles. The van der Waals surface area contributed by atoms with Crippen molar-refractivity contribution in [1.82, 2.24) is 19.4 Å². The van der Waals surface area contributed by atoms with Crippen LogP contribution in [0.4, 0.5) is 5.69 Å². The molecule has 0 bridgehead atoms. The van der Waals surface area contributed by atoms with Crippen LogP contribution in [0.5, 0.6) is 0 Å². The fraction of sp³-hybridized carbons (Fsp3) is 0.222. The third kappa shape index (κ3) is 2.63. The molecule has 0 aliphatic carbocycles. The van der Waals surface area contributed by atoms with Crippen LogP contribution in [0.15, 0.2) is 36.7 Å². The first-order chi connectivity index (χ1) is 12.0. The topological polar surface area (TPSA) is 80.1 Å². The van der Waals surface area contributed by atoms with Gasteiger partial charge in [0.25, 0.3) is 5.91 Å². The lowest BCUT2D eigenvalue weighted by Crippen LogP contribution is -2.21. The molecule has 126 valence electrons. The van der Waals surface area contributed by atoms with Gasteiger partial charge in [0.1, 0.15) is 12.1 Å². The van der Waals surface area contributed by atoms with Crippen molar-refractivity contribution in [3.63, 3.8) is 0 Å². The standard InChI is InChI=1S/C18H17N5O2/c1-22(2)18(25)11-3-6-15-14(9-11)19-10-23(15)16-7-4-13-12(20-16)5-8-17(24)21-13/h3-4,6-7,9-10H,5,8H2,1-2H3,(H,21,24). The van der Waals surface area contributed by atoms with Gasteiger partial charge < -0.3 is 10.2 Å². The number of fused-ring (bicyclic) bond motifs is 2. The average Bonchev–Trinajstić information content (AvgIpc) is 3.03. The average molecular weight is 335 g/mol. The minimum Gasteiger partial charge on any atom is -0.345 e. The Morgan fingerprint density at radius 3 is 2.84 bits per heavy atom. The normalized spacial score (nSPS) is 13.4. The fourth-order valence-corrected chi connectivity index (χ4v) is 2.96. The van der Waals surface area contributed by atoms with Crippen LogP contribution < -0.4 is 5.32 Å². The molecular weight excluding hydrogens is 318 g/mol. The first-order valence-electron chi connectivity index (χ1n) is 8.02. The second-order valence-electron chi connectivity index (χ2n) is 6.23. The molecule has 0 radical (unpaired) electrons. The Morgan fingerprint density at radius 2 is 2.04 bits per heavy atom. The summed E-state index contributed by atoms with van der Waals surface area (Å²) < 4.78 is 1.88. The van der Waals surface area contributed by atoms with Gasteiger partial charge in [-0.05, 0) is 30.3 Å². The van der Waals surface area contributed by atoms with E-state index in [0.717, 1.165) is 28.2 Å². The van der Waals surface area contributed by atoms with Crippen LogP contribution in [0.2, 0.25) is 0 Å². The summed E-state index contributed by atoms with van der Waals surface area (Å²) in [4.78, 5) is 34.2. The zero-order valence-corrected chi connectivity index (χ0v) is 14.0. The highest BCUT2D eigenvalue weighted by molar-refractivity contribution is 5.97. The molecule has 0 unspecified atom stereocenters. The molecule has 7 nitrogen and oxygen atoms in total. The van der Waals surface area contributed by atoms with E-state index in [9.17, 15) is 9.59 Å². The van der Waals surface area contributed by atoms with Gasteiger partial charge in [-0.25, -0.2) is 9.97 Å². The highest BCUT2D eigenvalue weighted by atomic mass is 16.2. The summed E-state index contributed by atoms with van der Waals surface area (Å²) in [7, 11) is 3.45. The highest BCUT2D eigenvalue weighted by Crippen LogP contribution is 2.24. The van der Waals surface area contributed by atoms with Gasteiger partial charge in [-0.15, -0.1) is 0 Å². The Balaban J connectivity index is 1.75. The van der Waals surface area contributed by atoms with Gasteiger partial charge >= 0.3 is 0 Å². The van der Waals surface area contributed by atoms with Crippen molar-refractivity contribution in [2.75, 3.05) is 19.4 Å². The van der Waals surface area contributed by atoms with Gasteiger partial charge in [0.05, 0.1) is 22.4 Å². The SMILES string of the molecule is CN(C)C(=O)c1ccc2c(c1)ncn2-c1ccc2c(n1)CCC(=O)N2. The quantitative estimate of drug-likeness (QED) is 0.777. The van der Waals surface area contributed by atoms with Gasteiger partial charge in [0.2, 0.25) is 5.91 Å². The van der Waals surface area contributed by atoms with Gasteiger partial charge in [-0.3, -0.25) is 14.2 Å². The Labute approximate surface area is 144 Å². The number of hydrogen-bond acceptors (Lipinski definition) is 4. The lowest BCUT2D eigenvalue weighted by Gasteiger charge is -2.16. The third-order valence-corrected chi connectivity index (χ3v) is 4.27. The molecule has 0 saturated heterocycles. The van der Waals surface area contributed by atoms with Gasteiger partial charge in [0, 0.05) is 32.5 Å². The molecule has 3 aromatic rings. The number of pyridine rings is 1. The summed E-state index contributed by atoms with van der Waals surface area (Å²) in [6.07, 6.45) is 2.78. The Bertz CT molecular complexity index is 1010. The van der Waals surface area contributed by atoms with E-state index in [1.54, 1.807) is 32.6 Å². The highest BCUT2D eigenvalue weighted by Gasteiger charge is 2.17. The van der Waals surface area contributed by atoms with E-state index < -0.39 is 0 Å². The smallest absolute Gasteiger partial charge is 0.253 e. The fourth-order valence-electron chi connectivity index (χ4n) is 2.96. The molecule has 0 fully saturated rings. The summed E-state index contributed by atoms with van der Waals surface area (Å²) in [6.45, 7) is 0. The number of nitrogens with zero attached hydrogens (tertiary/aromatic N) is 4. The van der Waals surface area contributed by atoms with Crippen LogP contribution in [0, 0.1) is 0 Å². The zero-order valence-electron chi connectivity index (χ0n) is 14.0. The molecule has 1 aliphatic heterocycles. The molecule has 2 amide bonds. The number of nitrogens with one attached hydrogen (secondary N) is 1. The van der Waals surface area contributed by atoms with Crippen molar-refractivity contribution < 1.29 is 9.59 Å². The van der Waals surface area contributed by atoms with Crippen molar-refractivity contribution in [2.45, 2.75) is 12.8 Å². The molecule has 0 spiro atoms. The summed E-state index contributed by atoms with van der Waals surface area (Å²) >= 11 is 0. The number of anilines is 1. The van der Waals surface area contributed by atoms with E-state index in [4.69, 9.17) is 0 Å². The number of rotatable bonds is 2. The maximum atomic E-state index is 12.1. The van der Waals surface area contributed by atoms with Gasteiger partial charge in [-0.1, -0.05) is 0 Å². The van der Waals surface area contributed by atoms with E-state index >= 15 is 0 Å². The van der Waals surface area contributed by atoms with E-state index in [2.05, 4.69) is 15.3 Å². The molecule has 1 aromatic carbocycles. The molecule has 1 aliphatic rings. The Morgan fingerprint density at radius 1 is 1.20 bits per heavy atom. The minimum absolute atomic E-state index is 0.0215. The Kier molecular flexibility index (Phi) is 3.49. The number of aromatic nitrogens is 3. The van der Waals surface area contributed by atoms with Crippen molar-refractivity contribution in [3.8, 4) is 5.82 Å². The number of hydrogen-bond donors (Lipinski definition) is 1. The number of carbonyl (C=O) groups is 2. The monoisotopic (exact) mass is 335 g/mol. The zero-order chi connectivity index (χ0) is 17.6. The van der Waals surface area contributed by atoms with E-state index in [-0.39, 0.29) is 11.8 Å². The minimum atomic E-state index is -0.0564. The molecule has 0 atom stereocenters. The maximum absolute atomic E-state index is 12.1. The van der Waals surface area contributed by atoms with Crippen molar-refractivity contribution in [1.29, 1.82) is 0 Å². The van der Waals surface area contributed by atoms with E-state index in [1.165, 1.54) is 4.90 Å². The predicted molar refractivity (Wildman–Crippen MR) is 93.8 cm³/mol. The molecule has 25 heavy (non-hydrogen) atoms. The summed E-state index contributed by atoms with van der Waals surface area (Å²) in [5.41, 5.74) is 3.86. The molecule has 4 rings (SSSR count). The second-order valence-corrected chi connectivity index (χ2v) is 6.23. The van der Waals surface area contributed by atoms with E-state index in [1.807, 2.05) is 22.8 Å². The lowest BCUT2D eigenvalue weighted by atomic mass is 10.1. The maximum Gasteiger partial charge on any atom is 0.253 e. The molecule has 7 heteroatoms. The number of benzene rings is 1. The number of amides is 2. The van der Waals surface area contributed by atoms with Gasteiger partial charge in [-0.2, -0.15) is 0 Å². The largest absolute Gasteiger partial charge is 0.345 e. The number of carbonyl (C=O) groups excluding carboxylic acids is 2. The van der Waals surface area contributed by atoms with Crippen LogP contribution in [-0.4, -0.2) is 45.3 Å². The van der Waals surface area contributed by atoms with Crippen LogP contribution in [-0.2, 0) is 11.2 Å². The molecule has 2 aromatic heterocycles. The summed E-state index contributed by atoms with van der Waals surface area (Å²) in [5.74, 6) is 0.705. The second kappa shape index (κ2) is 5.70. The van der Waals surface area contributed by atoms with Crippen molar-refractivity contribution in [3.05, 3.63) is 47.9 Å². The van der Waals surface area contributed by atoms with Crippen molar-refractivity contribution >= 4 is 28.5 Å². The van der Waals surface area contributed by atoms with Crippen LogP contribution in [0.25, 0.3) is 16.9 Å². The first-order valence-corrected chi connectivity index (χ1v) is 8.02. The van der Waals surface area contributed by atoms with E-state index in [0.29, 0.717) is 18.4 Å². The van der Waals surface area contributed by atoms with Crippen molar-refractivity contribution in [2.24, 2.45) is 0 Å². The molecule has 1 N–H and O–H groups in total. The number of aryl methyl sites for hydroxylation is 1. The Hall–Kier alpha value is -3.22. The predicted octanol–water partition coefficient (Wildman–Crippen LogP) is 2.01. The lowest BCUT2D eigenvalue weighted by molar-refractivity contribution is -0.116. The first kappa shape index (κ1) is 15.3. The third-order valence-electron chi connectivity index (χ3n) is 4.27.